The molecule has 1 aromatic heterocycles. The molecule has 1 aliphatic rings. The molecule has 0 saturated carbocycles. The second-order valence-electron chi connectivity index (χ2n) is 6.53. The smallest absolute Gasteiger partial charge is 0.254 e. The maximum atomic E-state index is 13.2. The van der Waals surface area contributed by atoms with Crippen LogP contribution in [0, 0.1) is 6.92 Å². The van der Waals surface area contributed by atoms with Crippen molar-refractivity contribution in [3.05, 3.63) is 77.6 Å². The summed E-state index contributed by atoms with van der Waals surface area (Å²) in [4.78, 5) is 22.5. The monoisotopic (exact) mass is 331 g/mol. The quantitative estimate of drug-likeness (QED) is 0.775. The number of nitrogens with zero attached hydrogens (tertiary/aromatic N) is 2. The number of hydrogen-bond acceptors (Lipinski definition) is 2. The van der Waals surface area contributed by atoms with Crippen LogP contribution in [-0.4, -0.2) is 27.3 Å². The molecule has 0 radical (unpaired) electrons. The molecule has 1 fully saturated rings. The highest BCUT2D eigenvalue weighted by molar-refractivity contribution is 5.95. The van der Waals surface area contributed by atoms with Gasteiger partial charge in [-0.2, -0.15) is 0 Å². The predicted molar refractivity (Wildman–Crippen MR) is 98.2 cm³/mol. The number of carbonyl (C=O) groups excluding carboxylic acids is 1. The second-order valence-corrected chi connectivity index (χ2v) is 6.53. The molecular formula is C21H21N3O. The van der Waals surface area contributed by atoms with Crippen molar-refractivity contribution >= 4 is 5.91 Å². The zero-order chi connectivity index (χ0) is 17.2. The van der Waals surface area contributed by atoms with Gasteiger partial charge in [-0.15, -0.1) is 0 Å². The standard InChI is InChI=1S/C21H21N3O/c1-15-6-2-3-9-18(15)19-10-5-13-24(19)21(25)17-8-4-7-16(14-17)20-22-11-12-23-20/h2-4,6-9,11-12,14,19H,5,10,13H2,1H3,(H,22,23)/t19-/m1/s1. The van der Waals surface area contributed by atoms with Crippen molar-refractivity contribution in [1.82, 2.24) is 14.9 Å². The average molecular weight is 331 g/mol. The molecule has 1 aliphatic heterocycles. The van der Waals surface area contributed by atoms with Gasteiger partial charge in [0, 0.05) is 30.1 Å². The Hall–Kier alpha value is -2.88. The fourth-order valence-electron chi connectivity index (χ4n) is 3.68. The Morgan fingerprint density at radius 1 is 1.20 bits per heavy atom. The lowest BCUT2D eigenvalue weighted by molar-refractivity contribution is 0.0735. The SMILES string of the molecule is Cc1ccccc1[C@H]1CCCN1C(=O)c1cccc(-c2ncc[nH]2)c1. The van der Waals surface area contributed by atoms with E-state index in [2.05, 4.69) is 35.1 Å². The van der Waals surface area contributed by atoms with Gasteiger partial charge in [-0.25, -0.2) is 4.98 Å². The minimum atomic E-state index is 0.0964. The van der Waals surface area contributed by atoms with Crippen LogP contribution in [0.3, 0.4) is 0 Å². The Morgan fingerprint density at radius 3 is 2.88 bits per heavy atom. The van der Waals surface area contributed by atoms with Gasteiger partial charge in [0.05, 0.1) is 6.04 Å². The van der Waals surface area contributed by atoms with Crippen molar-refractivity contribution in [3.63, 3.8) is 0 Å². The Balaban J connectivity index is 1.64. The number of aromatic nitrogens is 2. The fourth-order valence-corrected chi connectivity index (χ4v) is 3.68. The van der Waals surface area contributed by atoms with Crippen LogP contribution in [0.1, 0.15) is 40.4 Å². The van der Waals surface area contributed by atoms with Gasteiger partial charge in [-0.05, 0) is 43.0 Å². The minimum Gasteiger partial charge on any atom is -0.345 e. The van der Waals surface area contributed by atoms with Gasteiger partial charge in [0.15, 0.2) is 0 Å². The first-order chi connectivity index (χ1) is 12.2. The zero-order valence-corrected chi connectivity index (χ0v) is 14.3. The third kappa shape index (κ3) is 2.95. The maximum absolute atomic E-state index is 13.2. The molecule has 2 heterocycles. The summed E-state index contributed by atoms with van der Waals surface area (Å²) >= 11 is 0. The number of aromatic amines is 1. The highest BCUT2D eigenvalue weighted by atomic mass is 16.2. The molecule has 4 heteroatoms. The molecule has 126 valence electrons. The van der Waals surface area contributed by atoms with E-state index in [0.717, 1.165) is 36.3 Å². The molecule has 1 N–H and O–H groups in total. The maximum Gasteiger partial charge on any atom is 0.254 e. The van der Waals surface area contributed by atoms with E-state index in [1.165, 1.54) is 11.1 Å². The fraction of sp³-hybridized carbons (Fsp3) is 0.238. The van der Waals surface area contributed by atoms with Gasteiger partial charge in [0.1, 0.15) is 5.82 Å². The van der Waals surface area contributed by atoms with Crippen LogP contribution in [0.5, 0.6) is 0 Å². The Labute approximate surface area is 147 Å². The molecule has 2 aromatic carbocycles. The largest absolute Gasteiger partial charge is 0.345 e. The number of likely N-dealkylation sites (tertiary alicyclic amines) is 1. The van der Waals surface area contributed by atoms with E-state index < -0.39 is 0 Å². The van der Waals surface area contributed by atoms with E-state index in [-0.39, 0.29) is 11.9 Å². The number of imidazole rings is 1. The van der Waals surface area contributed by atoms with Gasteiger partial charge in [0.25, 0.3) is 5.91 Å². The average Bonchev–Trinajstić information content (AvgIpc) is 3.33. The summed E-state index contributed by atoms with van der Waals surface area (Å²) in [5.74, 6) is 0.880. The van der Waals surface area contributed by atoms with Crippen LogP contribution < -0.4 is 0 Å². The van der Waals surface area contributed by atoms with Crippen LogP contribution in [0.4, 0.5) is 0 Å². The number of H-pyrrole nitrogens is 1. The number of benzene rings is 2. The molecule has 1 atom stereocenters. The molecule has 1 saturated heterocycles. The highest BCUT2D eigenvalue weighted by Crippen LogP contribution is 2.35. The zero-order valence-electron chi connectivity index (χ0n) is 14.3. The van der Waals surface area contributed by atoms with Crippen LogP contribution in [0.15, 0.2) is 60.9 Å². The summed E-state index contributed by atoms with van der Waals surface area (Å²) in [6.07, 6.45) is 5.58. The second kappa shape index (κ2) is 6.55. The van der Waals surface area contributed by atoms with Gasteiger partial charge in [-0.1, -0.05) is 36.4 Å². The van der Waals surface area contributed by atoms with Gasteiger partial charge < -0.3 is 9.88 Å². The number of amides is 1. The first-order valence-corrected chi connectivity index (χ1v) is 8.70. The van der Waals surface area contributed by atoms with Crippen molar-refractivity contribution in [2.45, 2.75) is 25.8 Å². The summed E-state index contributed by atoms with van der Waals surface area (Å²) in [5, 5.41) is 0. The van der Waals surface area contributed by atoms with E-state index in [1.807, 2.05) is 35.2 Å². The number of aryl methyl sites for hydroxylation is 1. The van der Waals surface area contributed by atoms with Crippen molar-refractivity contribution in [3.8, 4) is 11.4 Å². The van der Waals surface area contributed by atoms with E-state index >= 15 is 0 Å². The van der Waals surface area contributed by atoms with E-state index in [0.29, 0.717) is 0 Å². The molecule has 0 spiro atoms. The third-order valence-corrected chi connectivity index (χ3v) is 4.94. The van der Waals surface area contributed by atoms with Gasteiger partial charge in [0.2, 0.25) is 0 Å². The Morgan fingerprint density at radius 2 is 2.08 bits per heavy atom. The summed E-state index contributed by atoms with van der Waals surface area (Å²) in [5.41, 5.74) is 4.16. The van der Waals surface area contributed by atoms with E-state index in [1.54, 1.807) is 12.4 Å². The first-order valence-electron chi connectivity index (χ1n) is 8.70. The normalized spacial score (nSPS) is 17.0. The number of carbonyl (C=O) groups is 1. The van der Waals surface area contributed by atoms with E-state index in [9.17, 15) is 4.79 Å². The van der Waals surface area contributed by atoms with Crippen LogP contribution in [-0.2, 0) is 0 Å². The molecule has 0 bridgehead atoms. The lowest BCUT2D eigenvalue weighted by atomic mass is 9.99. The van der Waals surface area contributed by atoms with Crippen molar-refractivity contribution < 1.29 is 4.79 Å². The van der Waals surface area contributed by atoms with Crippen LogP contribution in [0.25, 0.3) is 11.4 Å². The minimum absolute atomic E-state index is 0.0964. The van der Waals surface area contributed by atoms with Gasteiger partial charge in [-0.3, -0.25) is 4.79 Å². The summed E-state index contributed by atoms with van der Waals surface area (Å²) in [6.45, 7) is 2.93. The summed E-state index contributed by atoms with van der Waals surface area (Å²) in [6, 6.07) is 16.2. The van der Waals surface area contributed by atoms with Crippen molar-refractivity contribution in [2.24, 2.45) is 0 Å². The Bertz CT molecular complexity index is 886. The molecule has 0 aliphatic carbocycles. The summed E-state index contributed by atoms with van der Waals surface area (Å²) < 4.78 is 0. The van der Waals surface area contributed by atoms with Crippen molar-refractivity contribution in [1.29, 1.82) is 0 Å². The Kier molecular flexibility index (Phi) is 4.10. The van der Waals surface area contributed by atoms with Gasteiger partial charge >= 0.3 is 0 Å². The molecule has 4 rings (SSSR count). The van der Waals surface area contributed by atoms with E-state index in [4.69, 9.17) is 0 Å². The molecule has 3 aromatic rings. The lowest BCUT2D eigenvalue weighted by Crippen LogP contribution is -2.30. The predicted octanol–water partition coefficient (Wildman–Crippen LogP) is 4.36. The first kappa shape index (κ1) is 15.6. The molecule has 25 heavy (non-hydrogen) atoms. The number of hydrogen-bond donors (Lipinski definition) is 1. The highest BCUT2D eigenvalue weighted by Gasteiger charge is 2.31. The molecule has 1 amide bonds. The molecule has 4 nitrogen and oxygen atoms in total. The van der Waals surface area contributed by atoms with Crippen LogP contribution in [0.2, 0.25) is 0 Å². The number of rotatable bonds is 3. The third-order valence-electron chi connectivity index (χ3n) is 4.94. The number of nitrogens with one attached hydrogen (secondary N) is 1. The van der Waals surface area contributed by atoms with Crippen molar-refractivity contribution in [2.75, 3.05) is 6.54 Å². The van der Waals surface area contributed by atoms with Crippen LogP contribution >= 0.6 is 0 Å². The topological polar surface area (TPSA) is 49.0 Å². The molecular weight excluding hydrogens is 310 g/mol. The summed E-state index contributed by atoms with van der Waals surface area (Å²) in [7, 11) is 0. The molecule has 0 unspecified atom stereocenters. The lowest BCUT2D eigenvalue weighted by Gasteiger charge is -2.26.